The SMILES string of the molecule is CCOC(=O)c1ccc(COc2ccc(/C=c3\sc4n(c3=O)[C@H](c3cccc(OC)c3)C(C(=O)Nc3ccccc3)=C(C)N=4)cc2Br)cc1. The minimum absolute atomic E-state index is 0.267. The summed E-state index contributed by atoms with van der Waals surface area (Å²) in [6.45, 7) is 4.17. The van der Waals surface area contributed by atoms with Crippen molar-refractivity contribution in [3.63, 3.8) is 0 Å². The van der Waals surface area contributed by atoms with Crippen LogP contribution in [-0.4, -0.2) is 30.2 Å². The standard InChI is InChI=1S/C38H32BrN3O6S/c1-4-47-37(45)26-16-13-24(14-17-26)22-48-31-18-15-25(19-30(31)39)20-32-36(44)42-34(27-9-8-12-29(21-27)46-3)33(23(2)40-38(42)49-32)35(43)41-28-10-6-5-7-11-28/h5-21,34H,4,22H2,1-3H3,(H,41,43)/b32-20-/t34-/m1/s1. The lowest BCUT2D eigenvalue weighted by molar-refractivity contribution is -0.113. The number of benzene rings is 4. The molecule has 0 bridgehead atoms. The molecule has 11 heteroatoms. The number of hydrogen-bond acceptors (Lipinski definition) is 8. The van der Waals surface area contributed by atoms with Crippen molar-refractivity contribution in [2.45, 2.75) is 26.5 Å². The molecule has 1 atom stereocenters. The number of hydrogen-bond donors (Lipinski definition) is 1. The lowest BCUT2D eigenvalue weighted by Gasteiger charge is -2.25. The molecule has 2 heterocycles. The number of halogens is 1. The molecule has 6 rings (SSSR count). The molecule has 0 aliphatic carbocycles. The Kier molecular flexibility index (Phi) is 10.2. The Morgan fingerprint density at radius 2 is 1.78 bits per heavy atom. The Bertz CT molecular complexity index is 2240. The largest absolute Gasteiger partial charge is 0.497 e. The number of para-hydroxylation sites is 1. The van der Waals surface area contributed by atoms with Gasteiger partial charge in [-0.05, 0) is 101 Å². The number of nitrogens with one attached hydrogen (secondary N) is 1. The van der Waals surface area contributed by atoms with E-state index < -0.39 is 6.04 Å². The molecule has 1 aliphatic rings. The first-order chi connectivity index (χ1) is 23.7. The van der Waals surface area contributed by atoms with Crippen LogP contribution in [0.2, 0.25) is 0 Å². The molecule has 0 unspecified atom stereocenters. The van der Waals surface area contributed by atoms with Crippen LogP contribution in [0.4, 0.5) is 5.69 Å². The predicted octanol–water partition coefficient (Wildman–Crippen LogP) is 6.40. The second kappa shape index (κ2) is 14.9. The van der Waals surface area contributed by atoms with Gasteiger partial charge in [-0.1, -0.05) is 59.9 Å². The highest BCUT2D eigenvalue weighted by molar-refractivity contribution is 9.10. The Morgan fingerprint density at radius 1 is 1.00 bits per heavy atom. The molecule has 49 heavy (non-hydrogen) atoms. The van der Waals surface area contributed by atoms with Gasteiger partial charge in [-0.2, -0.15) is 0 Å². The first kappa shape index (κ1) is 33.6. The third-order valence-corrected chi connectivity index (χ3v) is 9.42. The molecule has 0 fully saturated rings. The van der Waals surface area contributed by atoms with Crippen LogP contribution in [0.25, 0.3) is 6.08 Å². The minimum atomic E-state index is -0.730. The van der Waals surface area contributed by atoms with Gasteiger partial charge in [-0.15, -0.1) is 0 Å². The Hall–Kier alpha value is -5.26. The van der Waals surface area contributed by atoms with Crippen LogP contribution in [0, 0.1) is 0 Å². The molecule has 1 aromatic heterocycles. The van der Waals surface area contributed by atoms with Crippen molar-refractivity contribution < 1.29 is 23.8 Å². The number of methoxy groups -OCH3 is 1. The topological polar surface area (TPSA) is 108 Å². The van der Waals surface area contributed by atoms with Crippen molar-refractivity contribution in [1.29, 1.82) is 0 Å². The highest BCUT2D eigenvalue weighted by atomic mass is 79.9. The second-order valence-electron chi connectivity index (χ2n) is 11.1. The van der Waals surface area contributed by atoms with Crippen molar-refractivity contribution in [3.05, 3.63) is 155 Å². The van der Waals surface area contributed by atoms with Crippen LogP contribution < -0.4 is 29.7 Å². The first-order valence-electron chi connectivity index (χ1n) is 15.5. The van der Waals surface area contributed by atoms with Crippen molar-refractivity contribution in [1.82, 2.24) is 4.57 Å². The van der Waals surface area contributed by atoms with Gasteiger partial charge in [0.2, 0.25) is 0 Å². The first-order valence-corrected chi connectivity index (χ1v) is 17.1. The van der Waals surface area contributed by atoms with Gasteiger partial charge in [0, 0.05) is 5.69 Å². The molecule has 1 N–H and O–H groups in total. The van der Waals surface area contributed by atoms with Gasteiger partial charge in [-0.3, -0.25) is 14.2 Å². The molecule has 5 aromatic rings. The van der Waals surface area contributed by atoms with Gasteiger partial charge < -0.3 is 19.5 Å². The van der Waals surface area contributed by atoms with E-state index in [0.29, 0.717) is 61.0 Å². The van der Waals surface area contributed by atoms with Crippen LogP contribution in [0.1, 0.15) is 46.9 Å². The summed E-state index contributed by atoms with van der Waals surface area (Å²) in [5.41, 5.74) is 4.14. The molecule has 0 saturated heterocycles. The lowest BCUT2D eigenvalue weighted by atomic mass is 9.95. The van der Waals surface area contributed by atoms with E-state index in [1.165, 1.54) is 11.3 Å². The maximum Gasteiger partial charge on any atom is 0.338 e. The number of thiazole rings is 1. The minimum Gasteiger partial charge on any atom is -0.497 e. The quantitative estimate of drug-likeness (QED) is 0.166. The summed E-state index contributed by atoms with van der Waals surface area (Å²) in [4.78, 5) is 45.1. The van der Waals surface area contributed by atoms with Crippen LogP contribution in [0.15, 0.2) is 123 Å². The molecule has 0 spiro atoms. The molecule has 248 valence electrons. The Labute approximate surface area is 294 Å². The zero-order valence-electron chi connectivity index (χ0n) is 26.9. The number of anilines is 1. The monoisotopic (exact) mass is 737 g/mol. The summed E-state index contributed by atoms with van der Waals surface area (Å²) in [5.74, 6) is 0.526. The van der Waals surface area contributed by atoms with E-state index in [1.807, 2.05) is 84.9 Å². The molecule has 9 nitrogen and oxygen atoms in total. The zero-order valence-corrected chi connectivity index (χ0v) is 29.3. The fourth-order valence-corrected chi connectivity index (χ4v) is 7.00. The van der Waals surface area contributed by atoms with Crippen LogP contribution >= 0.6 is 27.3 Å². The zero-order chi connectivity index (χ0) is 34.5. The highest BCUT2D eigenvalue weighted by Crippen LogP contribution is 2.33. The van der Waals surface area contributed by atoms with Crippen LogP contribution in [0.5, 0.6) is 11.5 Å². The predicted molar refractivity (Wildman–Crippen MR) is 193 cm³/mol. The number of nitrogens with zero attached hydrogens (tertiary/aromatic N) is 2. The average molecular weight is 739 g/mol. The molecule has 1 amide bonds. The number of ether oxygens (including phenoxy) is 3. The summed E-state index contributed by atoms with van der Waals surface area (Å²) in [5, 5.41) is 2.97. The summed E-state index contributed by atoms with van der Waals surface area (Å²) < 4.78 is 19.3. The molecular formula is C38H32BrN3O6S. The third-order valence-electron chi connectivity index (χ3n) is 7.82. The maximum atomic E-state index is 14.1. The van der Waals surface area contributed by atoms with E-state index >= 15 is 0 Å². The molecule has 4 aromatic carbocycles. The van der Waals surface area contributed by atoms with Gasteiger partial charge in [0.1, 0.15) is 18.1 Å². The Morgan fingerprint density at radius 3 is 2.49 bits per heavy atom. The van der Waals surface area contributed by atoms with Gasteiger partial charge >= 0.3 is 5.97 Å². The van der Waals surface area contributed by atoms with E-state index in [2.05, 4.69) is 21.2 Å². The number of carbonyl (C=O) groups is 2. The van der Waals surface area contributed by atoms with Crippen LogP contribution in [0.3, 0.4) is 0 Å². The van der Waals surface area contributed by atoms with E-state index in [9.17, 15) is 14.4 Å². The third kappa shape index (κ3) is 7.43. The smallest absolute Gasteiger partial charge is 0.338 e. The van der Waals surface area contributed by atoms with Crippen molar-refractivity contribution in [2.24, 2.45) is 4.99 Å². The number of allylic oxidation sites excluding steroid dienone is 1. The van der Waals surface area contributed by atoms with E-state index in [1.54, 1.807) is 43.7 Å². The maximum absolute atomic E-state index is 14.1. The number of aromatic nitrogens is 1. The van der Waals surface area contributed by atoms with Crippen molar-refractivity contribution in [2.75, 3.05) is 19.0 Å². The summed E-state index contributed by atoms with van der Waals surface area (Å²) >= 11 is 4.86. The fourth-order valence-electron chi connectivity index (χ4n) is 5.45. The number of carbonyl (C=O) groups excluding carboxylic acids is 2. The molecule has 1 aliphatic heterocycles. The van der Waals surface area contributed by atoms with Gasteiger partial charge in [0.15, 0.2) is 4.80 Å². The van der Waals surface area contributed by atoms with Crippen LogP contribution in [-0.2, 0) is 16.1 Å². The summed E-state index contributed by atoms with van der Waals surface area (Å²) in [7, 11) is 1.58. The van der Waals surface area contributed by atoms with Gasteiger partial charge in [0.05, 0.1) is 45.6 Å². The number of rotatable bonds is 10. The van der Waals surface area contributed by atoms with Gasteiger partial charge in [-0.25, -0.2) is 9.79 Å². The van der Waals surface area contributed by atoms with Crippen molar-refractivity contribution >= 4 is 50.9 Å². The average Bonchev–Trinajstić information content (AvgIpc) is 3.41. The van der Waals surface area contributed by atoms with E-state index in [0.717, 1.165) is 16.7 Å². The van der Waals surface area contributed by atoms with Gasteiger partial charge in [0.25, 0.3) is 11.5 Å². The Balaban J connectivity index is 1.30. The molecule has 0 saturated carbocycles. The van der Waals surface area contributed by atoms with E-state index in [-0.39, 0.29) is 17.4 Å². The second-order valence-corrected chi connectivity index (χ2v) is 12.9. The normalized spacial score (nSPS) is 14.1. The molecular weight excluding hydrogens is 706 g/mol. The fraction of sp³-hybridized carbons (Fsp3) is 0.158. The summed E-state index contributed by atoms with van der Waals surface area (Å²) in [6, 6.07) is 28.5. The van der Waals surface area contributed by atoms with Crippen molar-refractivity contribution in [3.8, 4) is 11.5 Å². The summed E-state index contributed by atoms with van der Waals surface area (Å²) in [6.07, 6.45) is 1.80. The number of esters is 1. The van der Waals surface area contributed by atoms with E-state index in [4.69, 9.17) is 19.2 Å². The number of fused-ring (bicyclic) bond motifs is 1. The highest BCUT2D eigenvalue weighted by Gasteiger charge is 2.32. The lowest BCUT2D eigenvalue weighted by Crippen LogP contribution is -2.40. The molecule has 0 radical (unpaired) electrons. The number of amides is 1.